The Bertz CT molecular complexity index is 816. The summed E-state index contributed by atoms with van der Waals surface area (Å²) in [6.45, 7) is 1.04. The number of benzene rings is 1. The lowest BCUT2D eigenvalue weighted by Gasteiger charge is -2.13. The molecule has 2 N–H and O–H groups in total. The number of hydrogen-bond acceptors (Lipinski definition) is 6. The molecule has 3 rings (SSSR count). The van der Waals surface area contributed by atoms with E-state index in [1.807, 2.05) is 0 Å². The van der Waals surface area contributed by atoms with Gasteiger partial charge in [0.1, 0.15) is 0 Å². The molecule has 1 atom stereocenters. The number of carbonyl (C=O) groups excluding carboxylic acids is 2. The summed E-state index contributed by atoms with van der Waals surface area (Å²) >= 11 is 1.24. The van der Waals surface area contributed by atoms with Crippen molar-refractivity contribution in [2.45, 2.75) is 18.9 Å². The van der Waals surface area contributed by atoms with Crippen LogP contribution in [0.2, 0.25) is 0 Å². The Hall–Kier alpha value is -2.78. The number of carbonyl (C=O) groups is 2. The van der Waals surface area contributed by atoms with Gasteiger partial charge in [0.15, 0.2) is 0 Å². The summed E-state index contributed by atoms with van der Waals surface area (Å²) in [5, 5.41) is 18.1. The highest BCUT2D eigenvalue weighted by Crippen LogP contribution is 2.24. The molecule has 0 spiro atoms. The normalized spacial score (nSPS) is 16.2. The van der Waals surface area contributed by atoms with E-state index in [0.29, 0.717) is 18.0 Å². The number of non-ortho nitro benzene ring substituents is 1. The average molecular weight is 375 g/mol. The summed E-state index contributed by atoms with van der Waals surface area (Å²) in [5.74, 6) is -0.842. The average Bonchev–Trinajstić information content (AvgIpc) is 3.33. The second-order valence-corrected chi connectivity index (χ2v) is 6.71. The molecule has 136 valence electrons. The smallest absolute Gasteiger partial charge is 0.271 e. The van der Waals surface area contributed by atoms with Crippen molar-refractivity contribution in [2.75, 3.05) is 18.5 Å². The highest BCUT2D eigenvalue weighted by atomic mass is 32.1. The number of hydrogen-bond donors (Lipinski definition) is 2. The number of thiophene rings is 1. The Morgan fingerprint density at radius 1 is 1.31 bits per heavy atom. The lowest BCUT2D eigenvalue weighted by Crippen LogP contribution is -2.32. The van der Waals surface area contributed by atoms with Gasteiger partial charge < -0.3 is 15.4 Å². The number of nitrogens with zero attached hydrogens (tertiary/aromatic N) is 1. The lowest BCUT2D eigenvalue weighted by molar-refractivity contribution is -0.384. The second kappa shape index (κ2) is 8.07. The van der Waals surface area contributed by atoms with Crippen LogP contribution in [-0.4, -0.2) is 36.0 Å². The Kier molecular flexibility index (Phi) is 5.59. The third kappa shape index (κ3) is 4.24. The maximum absolute atomic E-state index is 12.5. The van der Waals surface area contributed by atoms with E-state index < -0.39 is 16.7 Å². The first-order chi connectivity index (χ1) is 12.5. The summed E-state index contributed by atoms with van der Waals surface area (Å²) in [6.07, 6.45) is 1.81. The van der Waals surface area contributed by atoms with E-state index in [9.17, 15) is 19.7 Å². The van der Waals surface area contributed by atoms with Crippen molar-refractivity contribution >= 4 is 34.5 Å². The van der Waals surface area contributed by atoms with E-state index in [0.717, 1.165) is 12.8 Å². The maximum atomic E-state index is 12.5. The molecule has 0 unspecified atom stereocenters. The number of ether oxygens (including phenoxy) is 1. The third-order valence-corrected chi connectivity index (χ3v) is 4.83. The first kappa shape index (κ1) is 18.0. The van der Waals surface area contributed by atoms with Crippen molar-refractivity contribution in [3.8, 4) is 0 Å². The number of anilines is 1. The van der Waals surface area contributed by atoms with E-state index in [4.69, 9.17) is 4.74 Å². The van der Waals surface area contributed by atoms with Crippen molar-refractivity contribution in [1.29, 1.82) is 0 Å². The van der Waals surface area contributed by atoms with E-state index in [2.05, 4.69) is 10.6 Å². The van der Waals surface area contributed by atoms with E-state index in [1.54, 1.807) is 17.5 Å². The minimum Gasteiger partial charge on any atom is -0.376 e. The van der Waals surface area contributed by atoms with Gasteiger partial charge >= 0.3 is 0 Å². The van der Waals surface area contributed by atoms with Crippen LogP contribution in [-0.2, 0) is 4.74 Å². The molecule has 0 bridgehead atoms. The maximum Gasteiger partial charge on any atom is 0.271 e. The van der Waals surface area contributed by atoms with Crippen LogP contribution in [0.5, 0.6) is 0 Å². The first-order valence-electron chi connectivity index (χ1n) is 8.07. The standard InChI is InChI=1S/C17H17N3O5S/c21-16(18-10-12-3-1-7-25-12)13-6-5-11(20(23)24)9-14(13)19-17(22)15-4-2-8-26-15/h2,4-6,8-9,12H,1,3,7,10H2,(H,18,21)(H,19,22)/t12-/m0/s1. The third-order valence-electron chi connectivity index (χ3n) is 3.97. The molecule has 0 saturated carbocycles. The summed E-state index contributed by atoms with van der Waals surface area (Å²) in [5.41, 5.74) is 0.0584. The van der Waals surface area contributed by atoms with Crippen molar-refractivity contribution < 1.29 is 19.2 Å². The SMILES string of the molecule is O=C(Nc1cc([N+](=O)[O-])ccc1C(=O)NC[C@@H]1CCCO1)c1cccs1. The monoisotopic (exact) mass is 375 g/mol. The predicted molar refractivity (Wildman–Crippen MR) is 96.7 cm³/mol. The second-order valence-electron chi connectivity index (χ2n) is 5.76. The van der Waals surface area contributed by atoms with Gasteiger partial charge in [-0.25, -0.2) is 0 Å². The molecule has 1 aromatic carbocycles. The molecule has 1 aliphatic rings. The molecular weight excluding hydrogens is 358 g/mol. The van der Waals surface area contributed by atoms with Crippen LogP contribution in [0.4, 0.5) is 11.4 Å². The molecule has 8 nitrogen and oxygen atoms in total. The summed E-state index contributed by atoms with van der Waals surface area (Å²) in [4.78, 5) is 35.7. The highest BCUT2D eigenvalue weighted by Gasteiger charge is 2.21. The molecule has 1 saturated heterocycles. The fourth-order valence-corrected chi connectivity index (χ4v) is 3.26. The minimum absolute atomic E-state index is 0.0267. The Morgan fingerprint density at radius 2 is 2.15 bits per heavy atom. The highest BCUT2D eigenvalue weighted by molar-refractivity contribution is 7.12. The van der Waals surface area contributed by atoms with Gasteiger partial charge in [-0.3, -0.25) is 19.7 Å². The van der Waals surface area contributed by atoms with Crippen LogP contribution >= 0.6 is 11.3 Å². The van der Waals surface area contributed by atoms with Crippen molar-refractivity contribution in [3.05, 3.63) is 56.3 Å². The zero-order valence-corrected chi connectivity index (χ0v) is 14.6. The van der Waals surface area contributed by atoms with Crippen LogP contribution in [0.25, 0.3) is 0 Å². The van der Waals surface area contributed by atoms with E-state index >= 15 is 0 Å². The van der Waals surface area contributed by atoms with Gasteiger partial charge in [0.05, 0.1) is 27.2 Å². The van der Waals surface area contributed by atoms with Crippen LogP contribution in [0, 0.1) is 10.1 Å². The van der Waals surface area contributed by atoms with Crippen LogP contribution < -0.4 is 10.6 Å². The number of nitro benzene ring substituents is 1. The topological polar surface area (TPSA) is 111 Å². The van der Waals surface area contributed by atoms with Crippen LogP contribution in [0.1, 0.15) is 32.9 Å². The lowest BCUT2D eigenvalue weighted by atomic mass is 10.1. The molecule has 2 heterocycles. The molecular formula is C17H17N3O5S. The van der Waals surface area contributed by atoms with Gasteiger partial charge in [-0.05, 0) is 30.4 Å². The van der Waals surface area contributed by atoms with Gasteiger partial charge in [0.2, 0.25) is 0 Å². The molecule has 0 aliphatic carbocycles. The molecule has 0 radical (unpaired) electrons. The number of nitro groups is 1. The molecule has 2 aromatic rings. The summed E-state index contributed by atoms with van der Waals surface area (Å²) in [6, 6.07) is 7.12. The zero-order valence-electron chi connectivity index (χ0n) is 13.8. The van der Waals surface area contributed by atoms with Gasteiger partial charge in [-0.15, -0.1) is 11.3 Å². The molecule has 2 amide bonds. The molecule has 1 aromatic heterocycles. The Balaban J connectivity index is 1.79. The number of rotatable bonds is 6. The number of amides is 2. The molecule has 1 aliphatic heterocycles. The quantitative estimate of drug-likeness (QED) is 0.596. The fourth-order valence-electron chi connectivity index (χ4n) is 2.65. The molecule has 1 fully saturated rings. The van der Waals surface area contributed by atoms with Crippen molar-refractivity contribution in [1.82, 2.24) is 5.32 Å². The van der Waals surface area contributed by atoms with Gasteiger partial charge in [-0.2, -0.15) is 0 Å². The number of nitrogens with one attached hydrogen (secondary N) is 2. The summed E-state index contributed by atoms with van der Waals surface area (Å²) < 4.78 is 5.46. The minimum atomic E-state index is -0.575. The summed E-state index contributed by atoms with van der Waals surface area (Å²) in [7, 11) is 0. The van der Waals surface area contributed by atoms with E-state index in [-0.39, 0.29) is 23.0 Å². The molecule has 9 heteroatoms. The van der Waals surface area contributed by atoms with Crippen LogP contribution in [0.15, 0.2) is 35.7 Å². The Morgan fingerprint density at radius 3 is 2.81 bits per heavy atom. The van der Waals surface area contributed by atoms with Crippen molar-refractivity contribution in [2.24, 2.45) is 0 Å². The van der Waals surface area contributed by atoms with Gasteiger partial charge in [-0.1, -0.05) is 6.07 Å². The largest absolute Gasteiger partial charge is 0.376 e. The van der Waals surface area contributed by atoms with Crippen LogP contribution in [0.3, 0.4) is 0 Å². The van der Waals surface area contributed by atoms with Crippen molar-refractivity contribution in [3.63, 3.8) is 0 Å². The Labute approximate surface area is 153 Å². The van der Waals surface area contributed by atoms with E-state index in [1.165, 1.54) is 29.5 Å². The van der Waals surface area contributed by atoms with Gasteiger partial charge in [0.25, 0.3) is 17.5 Å². The first-order valence-corrected chi connectivity index (χ1v) is 8.95. The molecule has 26 heavy (non-hydrogen) atoms. The zero-order chi connectivity index (χ0) is 18.5. The predicted octanol–water partition coefficient (Wildman–Crippen LogP) is 2.82. The van der Waals surface area contributed by atoms with Gasteiger partial charge in [0, 0.05) is 25.3 Å². The fraction of sp³-hybridized carbons (Fsp3) is 0.294.